The molecule has 0 nitrogen and oxygen atoms in total. The van der Waals surface area contributed by atoms with Crippen LogP contribution in [0.25, 0.3) is 0 Å². The Bertz CT molecular complexity index is 62.5. The van der Waals surface area contributed by atoms with Gasteiger partial charge in [0.2, 0.25) is 0 Å². The topological polar surface area (TPSA) is 0 Å². The number of hydrogen-bond donors (Lipinski definition) is 0. The van der Waals surface area contributed by atoms with Crippen molar-refractivity contribution in [2.24, 2.45) is 0 Å². The quantitative estimate of drug-likeness (QED) is 0.563. The number of allylic oxidation sites excluding steroid dienone is 1. The van der Waals surface area contributed by atoms with Crippen molar-refractivity contribution in [1.29, 1.82) is 0 Å². The lowest BCUT2D eigenvalue weighted by Crippen LogP contribution is -1.64. The highest BCUT2D eigenvalue weighted by Crippen LogP contribution is 2.15. The summed E-state index contributed by atoms with van der Waals surface area (Å²) in [7, 11) is 0. The summed E-state index contributed by atoms with van der Waals surface area (Å²) in [5.41, 5.74) is 1.63. The van der Waals surface area contributed by atoms with E-state index in [0.717, 1.165) is 6.42 Å². The Morgan fingerprint density at radius 3 is 2.43 bits per heavy atom. The molecule has 0 aliphatic heterocycles. The van der Waals surface area contributed by atoms with Crippen LogP contribution in [0.4, 0.5) is 0 Å². The van der Waals surface area contributed by atoms with Crippen molar-refractivity contribution >= 4 is 23.4 Å². The zero-order chi connectivity index (χ0) is 5.70. The monoisotopic (exact) mass is 136 g/mol. The maximum Gasteiger partial charge on any atom is 0.0137 e. The Hall–Kier alpha value is 0.380. The van der Waals surface area contributed by atoms with Gasteiger partial charge in [-0.25, -0.2) is 0 Å². The van der Waals surface area contributed by atoms with Gasteiger partial charge in [-0.15, -0.1) is 11.8 Å². The number of thioether (sulfide) groups is 1. The normalized spacial score (nSPS) is 12.1. The third-order valence-corrected chi connectivity index (χ3v) is 2.06. The zero-order valence-corrected chi connectivity index (χ0v) is 6.14. The number of hydrogen-bond acceptors (Lipinski definition) is 1. The van der Waals surface area contributed by atoms with E-state index in [-0.39, 0.29) is 0 Å². The predicted octanol–water partition coefficient (Wildman–Crippen LogP) is 2.84. The van der Waals surface area contributed by atoms with Gasteiger partial charge in [-0.3, -0.25) is 0 Å². The molecule has 7 heavy (non-hydrogen) atoms. The minimum Gasteiger partial charge on any atom is -0.133 e. The number of halogens is 1. The van der Waals surface area contributed by atoms with Gasteiger partial charge in [-0.1, -0.05) is 18.5 Å². The van der Waals surface area contributed by atoms with Gasteiger partial charge in [-0.05, 0) is 17.6 Å². The molecule has 0 bridgehead atoms. The Balaban J connectivity index is 3.38. The van der Waals surface area contributed by atoms with Crippen LogP contribution in [0.5, 0.6) is 0 Å². The lowest BCUT2D eigenvalue weighted by Gasteiger charge is -1.91. The molecule has 0 aromatic rings. The van der Waals surface area contributed by atoms with Gasteiger partial charge >= 0.3 is 0 Å². The Labute approximate surface area is 53.9 Å². The fraction of sp³-hybridized carbons (Fsp3) is 0.600. The third-order valence-electron chi connectivity index (χ3n) is 0.732. The van der Waals surface area contributed by atoms with E-state index in [0.29, 0.717) is 0 Å². The maximum atomic E-state index is 5.38. The highest BCUT2D eigenvalue weighted by Gasteiger charge is 1.84. The summed E-state index contributed by atoms with van der Waals surface area (Å²) >= 11 is 7.08. The fourth-order valence-corrected chi connectivity index (χ4v) is 1.07. The molecular weight excluding hydrogens is 128 g/mol. The molecule has 0 atom stereocenters. The van der Waals surface area contributed by atoms with Gasteiger partial charge < -0.3 is 0 Å². The third kappa shape index (κ3) is 3.01. The molecular formula is C5H9ClS. The first-order valence-corrected chi connectivity index (χ1v) is 3.84. The lowest BCUT2D eigenvalue weighted by atomic mass is 10.5. The van der Waals surface area contributed by atoms with Crippen molar-refractivity contribution in [3.05, 3.63) is 10.4 Å². The average Bonchev–Trinajstić information content (AvgIpc) is 1.72. The zero-order valence-electron chi connectivity index (χ0n) is 4.57. The SMILES string of the molecule is CC/C(=C/Cl)SC. The molecule has 0 saturated heterocycles. The van der Waals surface area contributed by atoms with Crippen molar-refractivity contribution < 1.29 is 0 Å². The molecule has 0 amide bonds. The molecule has 0 fully saturated rings. The van der Waals surface area contributed by atoms with Gasteiger partial charge in [-0.2, -0.15) is 0 Å². The molecule has 0 N–H and O–H groups in total. The average molecular weight is 137 g/mol. The Morgan fingerprint density at radius 1 is 1.86 bits per heavy atom. The second kappa shape index (κ2) is 4.54. The van der Waals surface area contributed by atoms with Gasteiger partial charge in [0.1, 0.15) is 0 Å². The maximum absolute atomic E-state index is 5.38. The summed E-state index contributed by atoms with van der Waals surface area (Å²) in [4.78, 5) is 1.24. The van der Waals surface area contributed by atoms with Gasteiger partial charge in [0, 0.05) is 5.54 Å². The summed E-state index contributed by atoms with van der Waals surface area (Å²) in [5, 5.41) is 0. The highest BCUT2D eigenvalue weighted by atomic mass is 35.5. The van der Waals surface area contributed by atoms with Crippen molar-refractivity contribution in [2.45, 2.75) is 13.3 Å². The summed E-state index contributed by atoms with van der Waals surface area (Å²) in [6, 6.07) is 0. The van der Waals surface area contributed by atoms with E-state index in [4.69, 9.17) is 11.6 Å². The summed E-state index contributed by atoms with van der Waals surface area (Å²) in [6.45, 7) is 2.09. The molecule has 0 aliphatic carbocycles. The van der Waals surface area contributed by atoms with E-state index in [1.807, 2.05) is 6.26 Å². The molecule has 0 unspecified atom stereocenters. The summed E-state index contributed by atoms with van der Waals surface area (Å²) in [6.07, 6.45) is 3.07. The fourth-order valence-electron chi connectivity index (χ4n) is 0.266. The van der Waals surface area contributed by atoms with Crippen molar-refractivity contribution in [3.8, 4) is 0 Å². The van der Waals surface area contributed by atoms with Gasteiger partial charge in [0.15, 0.2) is 0 Å². The lowest BCUT2D eigenvalue weighted by molar-refractivity contribution is 1.21. The first-order valence-electron chi connectivity index (χ1n) is 2.18. The Morgan fingerprint density at radius 2 is 2.43 bits per heavy atom. The van der Waals surface area contributed by atoms with E-state index in [2.05, 4.69) is 6.92 Å². The van der Waals surface area contributed by atoms with Crippen LogP contribution in [0.2, 0.25) is 0 Å². The minimum absolute atomic E-state index is 1.05. The second-order valence-corrected chi connectivity index (χ2v) is 2.28. The smallest absolute Gasteiger partial charge is 0.0137 e. The standard InChI is InChI=1S/C5H9ClS/c1-3-5(4-6)7-2/h4H,3H2,1-2H3/b5-4-. The molecule has 0 spiro atoms. The molecule has 0 saturated carbocycles. The molecule has 0 aromatic carbocycles. The summed E-state index contributed by atoms with van der Waals surface area (Å²) < 4.78 is 0. The van der Waals surface area contributed by atoms with E-state index >= 15 is 0 Å². The van der Waals surface area contributed by atoms with Gasteiger partial charge in [0.05, 0.1) is 0 Å². The molecule has 42 valence electrons. The molecule has 0 aromatic heterocycles. The van der Waals surface area contributed by atoms with Crippen molar-refractivity contribution in [2.75, 3.05) is 6.26 Å². The highest BCUT2D eigenvalue weighted by molar-refractivity contribution is 8.02. The molecule has 0 rings (SSSR count). The van der Waals surface area contributed by atoms with Crippen LogP contribution in [0, 0.1) is 0 Å². The van der Waals surface area contributed by atoms with Crippen LogP contribution in [-0.4, -0.2) is 6.26 Å². The van der Waals surface area contributed by atoms with Crippen molar-refractivity contribution in [1.82, 2.24) is 0 Å². The van der Waals surface area contributed by atoms with Crippen LogP contribution in [0.1, 0.15) is 13.3 Å². The van der Waals surface area contributed by atoms with E-state index in [1.54, 1.807) is 17.3 Å². The Kier molecular flexibility index (Phi) is 4.78. The number of rotatable bonds is 2. The van der Waals surface area contributed by atoms with Crippen LogP contribution in [0.3, 0.4) is 0 Å². The molecule has 0 radical (unpaired) electrons. The van der Waals surface area contributed by atoms with Gasteiger partial charge in [0.25, 0.3) is 0 Å². The molecule has 2 heteroatoms. The predicted molar refractivity (Wildman–Crippen MR) is 37.7 cm³/mol. The largest absolute Gasteiger partial charge is 0.133 e. The molecule has 0 heterocycles. The first kappa shape index (κ1) is 7.38. The van der Waals surface area contributed by atoms with Crippen LogP contribution >= 0.6 is 23.4 Å². The van der Waals surface area contributed by atoms with Crippen molar-refractivity contribution in [3.63, 3.8) is 0 Å². The van der Waals surface area contributed by atoms with Crippen LogP contribution < -0.4 is 0 Å². The molecule has 0 aliphatic rings. The first-order chi connectivity index (χ1) is 3.35. The van der Waals surface area contributed by atoms with E-state index in [1.165, 1.54) is 4.91 Å². The van der Waals surface area contributed by atoms with E-state index < -0.39 is 0 Å². The second-order valence-electron chi connectivity index (χ2n) is 1.13. The van der Waals surface area contributed by atoms with Crippen LogP contribution in [-0.2, 0) is 0 Å². The summed E-state index contributed by atoms with van der Waals surface area (Å²) in [5.74, 6) is 0. The minimum atomic E-state index is 1.05. The van der Waals surface area contributed by atoms with E-state index in [9.17, 15) is 0 Å². The van der Waals surface area contributed by atoms with Crippen LogP contribution in [0.15, 0.2) is 10.4 Å².